The van der Waals surface area contributed by atoms with Crippen molar-refractivity contribution in [2.24, 2.45) is 0 Å². The minimum absolute atomic E-state index is 0.526. The van der Waals surface area contributed by atoms with E-state index in [0.29, 0.717) is 13.2 Å². The van der Waals surface area contributed by atoms with E-state index >= 15 is 0 Å². The number of nitrogens with one attached hydrogen (secondary N) is 1. The highest BCUT2D eigenvalue weighted by Crippen LogP contribution is 2.16. The molecule has 4 heteroatoms. The van der Waals surface area contributed by atoms with Gasteiger partial charge in [-0.25, -0.2) is 0 Å². The number of hydrogen-bond acceptors (Lipinski definition) is 3. The molecule has 2 aromatic rings. The van der Waals surface area contributed by atoms with Gasteiger partial charge in [-0.1, -0.05) is 28.1 Å². The zero-order valence-corrected chi connectivity index (χ0v) is 13.0. The maximum atomic E-state index is 5.68. The van der Waals surface area contributed by atoms with Crippen LogP contribution in [0.3, 0.4) is 0 Å². The fourth-order valence-electron chi connectivity index (χ4n) is 1.80. The molecule has 0 saturated carbocycles. The van der Waals surface area contributed by atoms with Crippen LogP contribution in [0.15, 0.2) is 53.0 Å². The summed E-state index contributed by atoms with van der Waals surface area (Å²) in [6, 6.07) is 15.8. The molecule has 0 radical (unpaired) electrons. The molecule has 0 unspecified atom stereocenters. The first-order valence-electron chi connectivity index (χ1n) is 6.52. The monoisotopic (exact) mass is 335 g/mol. The quantitative estimate of drug-likeness (QED) is 0.784. The van der Waals surface area contributed by atoms with Crippen LogP contribution in [0, 0.1) is 0 Å². The van der Waals surface area contributed by atoms with Crippen LogP contribution >= 0.6 is 15.9 Å². The fraction of sp³-hybridized carbons (Fsp3) is 0.250. The third-order valence-corrected chi connectivity index (χ3v) is 3.24. The Morgan fingerprint density at radius 3 is 2.35 bits per heavy atom. The van der Waals surface area contributed by atoms with Gasteiger partial charge in [0.2, 0.25) is 0 Å². The molecule has 0 aliphatic heterocycles. The predicted molar refractivity (Wildman–Crippen MR) is 84.3 cm³/mol. The van der Waals surface area contributed by atoms with Crippen LogP contribution in [0.4, 0.5) is 0 Å². The van der Waals surface area contributed by atoms with Gasteiger partial charge in [0.1, 0.15) is 24.7 Å². The SMILES string of the molecule is CNCc1cccc(OCCOc2ccc(Br)cc2)c1. The lowest BCUT2D eigenvalue weighted by Crippen LogP contribution is -2.09. The van der Waals surface area contributed by atoms with Crippen molar-refractivity contribution in [2.45, 2.75) is 6.54 Å². The first-order valence-corrected chi connectivity index (χ1v) is 7.32. The second-order valence-electron chi connectivity index (χ2n) is 4.33. The summed E-state index contributed by atoms with van der Waals surface area (Å²) in [6.07, 6.45) is 0. The largest absolute Gasteiger partial charge is 0.490 e. The molecule has 0 bridgehead atoms. The molecular weight excluding hydrogens is 318 g/mol. The average molecular weight is 336 g/mol. The molecule has 0 fully saturated rings. The highest BCUT2D eigenvalue weighted by Gasteiger charge is 1.98. The number of hydrogen-bond donors (Lipinski definition) is 1. The molecule has 0 atom stereocenters. The van der Waals surface area contributed by atoms with E-state index in [9.17, 15) is 0 Å². The molecule has 3 nitrogen and oxygen atoms in total. The standard InChI is InChI=1S/C16H18BrNO2/c1-18-12-13-3-2-4-16(11-13)20-10-9-19-15-7-5-14(17)6-8-15/h2-8,11,18H,9-10,12H2,1H3. The minimum atomic E-state index is 0.526. The molecule has 2 rings (SSSR count). The van der Waals surface area contributed by atoms with Crippen molar-refractivity contribution < 1.29 is 9.47 Å². The summed E-state index contributed by atoms with van der Waals surface area (Å²) in [4.78, 5) is 0. The molecule has 106 valence electrons. The van der Waals surface area contributed by atoms with E-state index in [0.717, 1.165) is 22.5 Å². The van der Waals surface area contributed by atoms with E-state index in [1.807, 2.05) is 49.5 Å². The number of ether oxygens (including phenoxy) is 2. The van der Waals surface area contributed by atoms with Gasteiger partial charge < -0.3 is 14.8 Å². The Labute approximate surface area is 128 Å². The Bertz CT molecular complexity index is 528. The summed E-state index contributed by atoms with van der Waals surface area (Å²) >= 11 is 3.39. The van der Waals surface area contributed by atoms with Crippen LogP contribution in [0.5, 0.6) is 11.5 Å². The molecule has 0 heterocycles. The first kappa shape index (κ1) is 14.9. The van der Waals surface area contributed by atoms with Gasteiger partial charge in [-0.15, -0.1) is 0 Å². The van der Waals surface area contributed by atoms with Crippen LogP contribution in [0.1, 0.15) is 5.56 Å². The molecule has 0 amide bonds. The van der Waals surface area contributed by atoms with Crippen molar-refractivity contribution in [2.75, 3.05) is 20.3 Å². The number of benzene rings is 2. The predicted octanol–water partition coefficient (Wildman–Crippen LogP) is 3.63. The minimum Gasteiger partial charge on any atom is -0.490 e. The lowest BCUT2D eigenvalue weighted by Gasteiger charge is -2.09. The first-order chi connectivity index (χ1) is 9.78. The van der Waals surface area contributed by atoms with Gasteiger partial charge in [-0.2, -0.15) is 0 Å². The summed E-state index contributed by atoms with van der Waals surface area (Å²) in [5.41, 5.74) is 1.21. The molecular formula is C16H18BrNO2. The Balaban J connectivity index is 1.75. The van der Waals surface area contributed by atoms with Gasteiger partial charge in [-0.3, -0.25) is 0 Å². The normalized spacial score (nSPS) is 10.3. The van der Waals surface area contributed by atoms with Crippen LogP contribution in [-0.4, -0.2) is 20.3 Å². The topological polar surface area (TPSA) is 30.5 Å². The summed E-state index contributed by atoms with van der Waals surface area (Å²) in [7, 11) is 1.93. The Kier molecular flexibility index (Phi) is 5.89. The van der Waals surface area contributed by atoms with Crippen LogP contribution in [0.2, 0.25) is 0 Å². The van der Waals surface area contributed by atoms with Crippen LogP contribution < -0.4 is 14.8 Å². The Hall–Kier alpha value is -1.52. The van der Waals surface area contributed by atoms with E-state index in [1.165, 1.54) is 5.56 Å². The summed E-state index contributed by atoms with van der Waals surface area (Å²) in [5, 5.41) is 3.12. The third-order valence-electron chi connectivity index (χ3n) is 2.71. The van der Waals surface area contributed by atoms with E-state index in [1.54, 1.807) is 0 Å². The smallest absolute Gasteiger partial charge is 0.122 e. The molecule has 0 aliphatic carbocycles. The highest BCUT2D eigenvalue weighted by atomic mass is 79.9. The van der Waals surface area contributed by atoms with E-state index in [4.69, 9.17) is 9.47 Å². The van der Waals surface area contributed by atoms with Gasteiger partial charge >= 0.3 is 0 Å². The lowest BCUT2D eigenvalue weighted by molar-refractivity contribution is 0.217. The summed E-state index contributed by atoms with van der Waals surface area (Å²) < 4.78 is 12.3. The van der Waals surface area contributed by atoms with E-state index in [-0.39, 0.29) is 0 Å². The van der Waals surface area contributed by atoms with Crippen molar-refractivity contribution >= 4 is 15.9 Å². The van der Waals surface area contributed by atoms with Gasteiger partial charge in [0.25, 0.3) is 0 Å². The highest BCUT2D eigenvalue weighted by molar-refractivity contribution is 9.10. The molecule has 20 heavy (non-hydrogen) atoms. The van der Waals surface area contributed by atoms with E-state index < -0.39 is 0 Å². The van der Waals surface area contributed by atoms with Crippen molar-refractivity contribution in [3.8, 4) is 11.5 Å². The van der Waals surface area contributed by atoms with Crippen molar-refractivity contribution in [1.82, 2.24) is 5.32 Å². The second-order valence-corrected chi connectivity index (χ2v) is 5.24. The van der Waals surface area contributed by atoms with Gasteiger partial charge in [-0.05, 0) is 49.0 Å². The summed E-state index contributed by atoms with van der Waals surface area (Å²) in [6.45, 7) is 1.89. The zero-order chi connectivity index (χ0) is 14.2. The van der Waals surface area contributed by atoms with Gasteiger partial charge in [0.05, 0.1) is 0 Å². The number of halogens is 1. The maximum absolute atomic E-state index is 5.68. The molecule has 2 aromatic carbocycles. The summed E-state index contributed by atoms with van der Waals surface area (Å²) in [5.74, 6) is 1.72. The third kappa shape index (κ3) is 4.87. The Morgan fingerprint density at radius 1 is 0.950 bits per heavy atom. The molecule has 0 aromatic heterocycles. The zero-order valence-electron chi connectivity index (χ0n) is 11.4. The van der Waals surface area contributed by atoms with Crippen molar-refractivity contribution in [1.29, 1.82) is 0 Å². The molecule has 0 saturated heterocycles. The van der Waals surface area contributed by atoms with E-state index in [2.05, 4.69) is 27.3 Å². The van der Waals surface area contributed by atoms with Gasteiger partial charge in [0.15, 0.2) is 0 Å². The van der Waals surface area contributed by atoms with Crippen LogP contribution in [-0.2, 0) is 6.54 Å². The molecule has 1 N–H and O–H groups in total. The van der Waals surface area contributed by atoms with Crippen LogP contribution in [0.25, 0.3) is 0 Å². The number of rotatable bonds is 7. The maximum Gasteiger partial charge on any atom is 0.122 e. The Morgan fingerprint density at radius 2 is 1.65 bits per heavy atom. The lowest BCUT2D eigenvalue weighted by atomic mass is 10.2. The fourth-order valence-corrected chi connectivity index (χ4v) is 2.06. The average Bonchev–Trinajstić information content (AvgIpc) is 2.46. The molecule has 0 spiro atoms. The second kappa shape index (κ2) is 7.92. The van der Waals surface area contributed by atoms with Crippen molar-refractivity contribution in [3.63, 3.8) is 0 Å². The van der Waals surface area contributed by atoms with Crippen molar-refractivity contribution in [3.05, 3.63) is 58.6 Å². The molecule has 0 aliphatic rings. The van der Waals surface area contributed by atoms with Gasteiger partial charge in [0, 0.05) is 11.0 Å².